The molecule has 6 heteroatoms. The number of pyridine rings is 1. The van der Waals surface area contributed by atoms with Gasteiger partial charge in [0.1, 0.15) is 11.6 Å². The van der Waals surface area contributed by atoms with Gasteiger partial charge in [-0.3, -0.25) is 5.10 Å². The fraction of sp³-hybridized carbons (Fsp3) is 0.0909. The molecule has 2 N–H and O–H groups in total. The number of anilines is 2. The summed E-state index contributed by atoms with van der Waals surface area (Å²) in [6.07, 6.45) is 0. The van der Waals surface area contributed by atoms with Crippen LogP contribution in [-0.2, 0) is 0 Å². The second kappa shape index (κ2) is 6.65. The number of thiophene rings is 1. The topological polar surface area (TPSA) is 62.8 Å². The number of aromatic amines is 1. The summed E-state index contributed by atoms with van der Waals surface area (Å²) < 4.78 is 6.68. The van der Waals surface area contributed by atoms with Crippen molar-refractivity contribution >= 4 is 43.8 Å². The van der Waals surface area contributed by atoms with E-state index in [0.717, 1.165) is 45.1 Å². The van der Waals surface area contributed by atoms with Crippen molar-refractivity contribution < 1.29 is 4.74 Å². The van der Waals surface area contributed by atoms with E-state index < -0.39 is 0 Å². The van der Waals surface area contributed by atoms with Gasteiger partial charge in [-0.25, -0.2) is 4.98 Å². The van der Waals surface area contributed by atoms with Crippen molar-refractivity contribution in [3.05, 3.63) is 65.7 Å². The molecule has 0 spiro atoms. The van der Waals surface area contributed by atoms with Crippen LogP contribution in [0.5, 0.6) is 5.75 Å². The molecule has 5 nitrogen and oxygen atoms in total. The number of rotatable bonds is 4. The Balaban J connectivity index is 1.73. The van der Waals surface area contributed by atoms with E-state index in [0.29, 0.717) is 0 Å². The Morgan fingerprint density at radius 2 is 1.89 bits per heavy atom. The van der Waals surface area contributed by atoms with Crippen LogP contribution in [0.15, 0.2) is 60.0 Å². The summed E-state index contributed by atoms with van der Waals surface area (Å²) >= 11 is 1.74. The lowest BCUT2D eigenvalue weighted by Crippen LogP contribution is -1.97. The molecule has 0 aliphatic heterocycles. The van der Waals surface area contributed by atoms with Crippen molar-refractivity contribution in [2.75, 3.05) is 12.4 Å². The van der Waals surface area contributed by atoms with Crippen LogP contribution in [0.25, 0.3) is 32.1 Å². The average molecular weight is 386 g/mol. The van der Waals surface area contributed by atoms with Crippen molar-refractivity contribution in [2.45, 2.75) is 6.92 Å². The van der Waals surface area contributed by atoms with E-state index >= 15 is 0 Å². The molecule has 0 bridgehead atoms. The van der Waals surface area contributed by atoms with Gasteiger partial charge >= 0.3 is 0 Å². The lowest BCUT2D eigenvalue weighted by Gasteiger charge is -2.11. The van der Waals surface area contributed by atoms with E-state index in [1.807, 2.05) is 31.2 Å². The van der Waals surface area contributed by atoms with Crippen molar-refractivity contribution in [3.8, 4) is 17.0 Å². The fourth-order valence-corrected chi connectivity index (χ4v) is 4.35. The number of nitrogens with zero attached hydrogens (tertiary/aromatic N) is 2. The number of aryl methyl sites for hydroxylation is 1. The summed E-state index contributed by atoms with van der Waals surface area (Å²) in [5, 5.41) is 16.1. The Bertz CT molecular complexity index is 1300. The van der Waals surface area contributed by atoms with Gasteiger partial charge in [0.15, 0.2) is 5.82 Å². The summed E-state index contributed by atoms with van der Waals surface area (Å²) in [6, 6.07) is 18.5. The number of hydrogen-bond donors (Lipinski definition) is 2. The number of H-pyrrole nitrogens is 1. The molecule has 3 heterocycles. The zero-order chi connectivity index (χ0) is 19.1. The molecule has 2 aromatic carbocycles. The Morgan fingerprint density at radius 1 is 1.00 bits per heavy atom. The Labute approximate surface area is 166 Å². The van der Waals surface area contributed by atoms with Crippen LogP contribution in [0.4, 0.5) is 11.6 Å². The molecule has 3 aromatic heterocycles. The third-order valence-corrected chi connectivity index (χ3v) is 5.70. The standard InChI is InChI=1S/C22H18N4OS/c1-13-9-21(26-25-13)23-20-11-14-10-15(27-2)7-8-16(14)22(24-20)18-12-28-19-6-4-3-5-17(18)19/h3-12H,1-2H3,(H2,23,24,25,26). The van der Waals surface area contributed by atoms with Gasteiger partial charge in [0.05, 0.1) is 12.8 Å². The van der Waals surface area contributed by atoms with Crippen LogP contribution < -0.4 is 10.1 Å². The molecule has 0 saturated carbocycles. The van der Waals surface area contributed by atoms with Crippen molar-refractivity contribution in [3.63, 3.8) is 0 Å². The first-order chi connectivity index (χ1) is 13.7. The first-order valence-corrected chi connectivity index (χ1v) is 9.84. The van der Waals surface area contributed by atoms with Crippen LogP contribution in [0.3, 0.4) is 0 Å². The number of benzene rings is 2. The first kappa shape index (κ1) is 16.8. The van der Waals surface area contributed by atoms with Gasteiger partial charge in [-0.1, -0.05) is 18.2 Å². The number of ether oxygens (including phenoxy) is 1. The maximum atomic E-state index is 5.43. The largest absolute Gasteiger partial charge is 0.497 e. The number of hydrogen-bond acceptors (Lipinski definition) is 5. The molecule has 5 aromatic rings. The third kappa shape index (κ3) is 2.88. The smallest absolute Gasteiger partial charge is 0.153 e. The summed E-state index contributed by atoms with van der Waals surface area (Å²) in [6.45, 7) is 1.97. The van der Waals surface area contributed by atoms with E-state index in [9.17, 15) is 0 Å². The van der Waals surface area contributed by atoms with Crippen LogP contribution >= 0.6 is 11.3 Å². The van der Waals surface area contributed by atoms with Crippen molar-refractivity contribution in [2.24, 2.45) is 0 Å². The quantitative estimate of drug-likeness (QED) is 0.404. The first-order valence-electron chi connectivity index (χ1n) is 8.96. The lowest BCUT2D eigenvalue weighted by atomic mass is 10.0. The molecular weight excluding hydrogens is 368 g/mol. The molecule has 0 atom stereocenters. The molecule has 28 heavy (non-hydrogen) atoms. The highest BCUT2D eigenvalue weighted by molar-refractivity contribution is 7.17. The maximum absolute atomic E-state index is 5.43. The Hall–Kier alpha value is -3.38. The summed E-state index contributed by atoms with van der Waals surface area (Å²) in [4.78, 5) is 4.95. The predicted molar refractivity (Wildman–Crippen MR) is 116 cm³/mol. The highest BCUT2D eigenvalue weighted by Gasteiger charge is 2.14. The maximum Gasteiger partial charge on any atom is 0.153 e. The van der Waals surface area contributed by atoms with E-state index in [1.54, 1.807) is 18.4 Å². The van der Waals surface area contributed by atoms with Gasteiger partial charge in [-0.2, -0.15) is 5.10 Å². The molecule has 5 rings (SSSR count). The highest BCUT2D eigenvalue weighted by atomic mass is 32.1. The van der Waals surface area contributed by atoms with Crippen molar-refractivity contribution in [1.29, 1.82) is 0 Å². The second-order valence-corrected chi connectivity index (χ2v) is 7.56. The lowest BCUT2D eigenvalue weighted by molar-refractivity contribution is 0.415. The molecule has 0 aliphatic rings. The van der Waals surface area contributed by atoms with Gasteiger partial charge in [0.2, 0.25) is 0 Å². The van der Waals surface area contributed by atoms with E-state index in [-0.39, 0.29) is 0 Å². The predicted octanol–water partition coefficient (Wildman–Crippen LogP) is 5.90. The highest BCUT2D eigenvalue weighted by Crippen LogP contribution is 2.38. The number of methoxy groups -OCH3 is 1. The molecule has 0 radical (unpaired) electrons. The minimum Gasteiger partial charge on any atom is -0.497 e. The molecule has 0 unspecified atom stereocenters. The summed E-state index contributed by atoms with van der Waals surface area (Å²) in [5.41, 5.74) is 3.08. The third-order valence-electron chi connectivity index (χ3n) is 4.74. The number of fused-ring (bicyclic) bond motifs is 2. The SMILES string of the molecule is COc1ccc2c(-c3csc4ccccc34)nc(Nc3cc(C)[nH]n3)cc2c1. The van der Waals surface area contributed by atoms with Crippen LogP contribution in [-0.4, -0.2) is 22.3 Å². The molecule has 0 amide bonds. The number of aromatic nitrogens is 3. The minimum atomic E-state index is 0.744. The second-order valence-electron chi connectivity index (χ2n) is 6.65. The molecule has 138 valence electrons. The van der Waals surface area contributed by atoms with E-state index in [4.69, 9.17) is 9.72 Å². The van der Waals surface area contributed by atoms with Crippen LogP contribution in [0.2, 0.25) is 0 Å². The molecule has 0 fully saturated rings. The Morgan fingerprint density at radius 3 is 2.71 bits per heavy atom. The van der Waals surface area contributed by atoms with E-state index in [1.165, 1.54) is 10.1 Å². The summed E-state index contributed by atoms with van der Waals surface area (Å²) in [5.74, 6) is 2.31. The fourth-order valence-electron chi connectivity index (χ4n) is 3.41. The zero-order valence-corrected chi connectivity index (χ0v) is 16.3. The van der Waals surface area contributed by atoms with Gasteiger partial charge in [-0.05, 0) is 42.6 Å². The molecule has 0 saturated heterocycles. The van der Waals surface area contributed by atoms with Crippen LogP contribution in [0, 0.1) is 6.92 Å². The van der Waals surface area contributed by atoms with Crippen molar-refractivity contribution in [1.82, 2.24) is 15.2 Å². The molecular formula is C22H18N4OS. The Kier molecular flexibility index (Phi) is 3.98. The van der Waals surface area contributed by atoms with E-state index in [2.05, 4.69) is 51.2 Å². The summed E-state index contributed by atoms with van der Waals surface area (Å²) in [7, 11) is 1.68. The van der Waals surface area contributed by atoms with Gasteiger partial charge in [0.25, 0.3) is 0 Å². The van der Waals surface area contributed by atoms with Gasteiger partial charge < -0.3 is 10.1 Å². The normalized spacial score (nSPS) is 11.2. The zero-order valence-electron chi connectivity index (χ0n) is 15.5. The monoisotopic (exact) mass is 386 g/mol. The number of nitrogens with one attached hydrogen (secondary N) is 2. The average Bonchev–Trinajstić information content (AvgIpc) is 3.33. The minimum absolute atomic E-state index is 0.744. The van der Waals surface area contributed by atoms with Gasteiger partial charge in [-0.15, -0.1) is 11.3 Å². The van der Waals surface area contributed by atoms with Gasteiger partial charge in [0, 0.05) is 38.2 Å². The molecule has 0 aliphatic carbocycles. The van der Waals surface area contributed by atoms with Crippen LogP contribution in [0.1, 0.15) is 5.69 Å².